The molecule has 0 unspecified atom stereocenters. The third-order valence-electron chi connectivity index (χ3n) is 2.81. The number of carbonyl (C=O) groups is 2. The number of ether oxygens (including phenoxy) is 2. The Balaban J connectivity index is 2.04. The van der Waals surface area contributed by atoms with Crippen molar-refractivity contribution in [3.63, 3.8) is 0 Å². The summed E-state index contributed by atoms with van der Waals surface area (Å²) in [7, 11) is 0. The summed E-state index contributed by atoms with van der Waals surface area (Å²) in [6.45, 7) is 2.23. The van der Waals surface area contributed by atoms with Gasteiger partial charge in [0.05, 0.1) is 6.61 Å². The van der Waals surface area contributed by atoms with Crippen LogP contribution < -0.4 is 4.74 Å². The molecule has 0 N–H and O–H groups in total. The Hall–Kier alpha value is -2.62. The van der Waals surface area contributed by atoms with Crippen LogP contribution in [0.3, 0.4) is 0 Å². The van der Waals surface area contributed by atoms with Crippen LogP contribution >= 0.6 is 0 Å². The molecule has 2 aromatic rings. The summed E-state index contributed by atoms with van der Waals surface area (Å²) in [6, 6.07) is 16.2. The Bertz CT molecular complexity index is 620. The molecule has 0 aliphatic rings. The third-order valence-corrected chi connectivity index (χ3v) is 2.81. The molecular formula is C17H16O4. The zero-order chi connectivity index (χ0) is 15.1. The molecule has 0 fully saturated rings. The van der Waals surface area contributed by atoms with E-state index < -0.39 is 11.8 Å². The minimum atomic E-state index is -0.849. The molecule has 0 heterocycles. The summed E-state index contributed by atoms with van der Waals surface area (Å²) in [5, 5.41) is 0. The average molecular weight is 284 g/mol. The van der Waals surface area contributed by atoms with Gasteiger partial charge in [-0.2, -0.15) is 0 Å². The highest BCUT2D eigenvalue weighted by atomic mass is 16.5. The number of rotatable bonds is 6. The molecule has 0 amide bonds. The summed E-state index contributed by atoms with van der Waals surface area (Å²) in [5.74, 6) is -0.978. The Labute approximate surface area is 123 Å². The monoisotopic (exact) mass is 284 g/mol. The molecule has 0 bridgehead atoms. The second-order valence-corrected chi connectivity index (χ2v) is 4.35. The summed E-state index contributed by atoms with van der Waals surface area (Å²) >= 11 is 0. The van der Waals surface area contributed by atoms with Gasteiger partial charge in [0.15, 0.2) is 0 Å². The fourth-order valence-electron chi connectivity index (χ4n) is 1.78. The maximum absolute atomic E-state index is 11.8. The van der Waals surface area contributed by atoms with Crippen LogP contribution in [0.15, 0.2) is 54.6 Å². The fourth-order valence-corrected chi connectivity index (χ4v) is 1.78. The predicted molar refractivity (Wildman–Crippen MR) is 78.2 cm³/mol. The first kappa shape index (κ1) is 14.8. The van der Waals surface area contributed by atoms with Crippen LogP contribution in [0, 0.1) is 0 Å². The number of hydrogen-bond donors (Lipinski definition) is 0. The normalized spacial score (nSPS) is 9.95. The Kier molecular flexibility index (Phi) is 5.10. The van der Waals surface area contributed by atoms with E-state index in [0.29, 0.717) is 12.4 Å². The molecule has 0 spiro atoms. The van der Waals surface area contributed by atoms with E-state index >= 15 is 0 Å². The molecule has 0 aliphatic heterocycles. The quantitative estimate of drug-likeness (QED) is 0.465. The summed E-state index contributed by atoms with van der Waals surface area (Å²) in [5.41, 5.74) is 1.29. The molecule has 4 heteroatoms. The van der Waals surface area contributed by atoms with Gasteiger partial charge in [0.2, 0.25) is 0 Å². The number of ketones is 1. The van der Waals surface area contributed by atoms with Crippen LogP contribution in [-0.2, 0) is 16.1 Å². The molecule has 0 radical (unpaired) electrons. The molecule has 108 valence electrons. The van der Waals surface area contributed by atoms with Crippen LogP contribution in [0.25, 0.3) is 0 Å². The number of carbonyl (C=O) groups excluding carboxylic acids is 2. The smallest absolute Gasteiger partial charge is 0.379 e. The van der Waals surface area contributed by atoms with E-state index in [1.807, 2.05) is 30.3 Å². The highest BCUT2D eigenvalue weighted by molar-refractivity contribution is 6.40. The Morgan fingerprint density at radius 1 is 1.00 bits per heavy atom. The van der Waals surface area contributed by atoms with Crippen LogP contribution in [0.5, 0.6) is 5.75 Å². The topological polar surface area (TPSA) is 52.6 Å². The molecule has 2 rings (SSSR count). The molecule has 0 saturated heterocycles. The first-order valence-electron chi connectivity index (χ1n) is 6.69. The van der Waals surface area contributed by atoms with E-state index in [2.05, 4.69) is 0 Å². The van der Waals surface area contributed by atoms with Gasteiger partial charge >= 0.3 is 5.97 Å². The van der Waals surface area contributed by atoms with E-state index in [1.165, 1.54) is 0 Å². The minimum absolute atomic E-state index is 0.175. The van der Waals surface area contributed by atoms with Gasteiger partial charge in [-0.25, -0.2) is 4.79 Å². The van der Waals surface area contributed by atoms with E-state index in [1.54, 1.807) is 31.2 Å². The number of benzene rings is 2. The average Bonchev–Trinajstić information content (AvgIpc) is 2.54. The molecule has 4 nitrogen and oxygen atoms in total. The summed E-state index contributed by atoms with van der Waals surface area (Å²) in [6.07, 6.45) is 0. The van der Waals surface area contributed by atoms with Crippen molar-refractivity contribution in [2.75, 3.05) is 6.61 Å². The van der Waals surface area contributed by atoms with Crippen molar-refractivity contribution in [2.45, 2.75) is 13.5 Å². The van der Waals surface area contributed by atoms with Gasteiger partial charge in [-0.3, -0.25) is 4.79 Å². The lowest BCUT2D eigenvalue weighted by molar-refractivity contribution is -0.137. The van der Waals surface area contributed by atoms with Gasteiger partial charge in [-0.05, 0) is 24.6 Å². The lowest BCUT2D eigenvalue weighted by Crippen LogP contribution is -2.17. The molecule has 2 aromatic carbocycles. The van der Waals surface area contributed by atoms with Gasteiger partial charge in [0, 0.05) is 5.56 Å². The van der Waals surface area contributed by atoms with Gasteiger partial charge in [0.25, 0.3) is 5.78 Å². The van der Waals surface area contributed by atoms with Crippen LogP contribution in [0.4, 0.5) is 0 Å². The van der Waals surface area contributed by atoms with Crippen LogP contribution in [-0.4, -0.2) is 18.4 Å². The van der Waals surface area contributed by atoms with Crippen molar-refractivity contribution < 1.29 is 19.1 Å². The minimum Gasteiger partial charge on any atom is -0.489 e. The van der Waals surface area contributed by atoms with Gasteiger partial charge in [0.1, 0.15) is 12.4 Å². The fraction of sp³-hybridized carbons (Fsp3) is 0.176. The van der Waals surface area contributed by atoms with Crippen molar-refractivity contribution in [3.05, 3.63) is 65.7 Å². The number of hydrogen-bond acceptors (Lipinski definition) is 4. The third kappa shape index (κ3) is 4.18. The molecule has 0 aromatic heterocycles. The SMILES string of the molecule is CCOC(=O)C(=O)c1cccc(OCc2ccccc2)c1. The maximum Gasteiger partial charge on any atom is 0.379 e. The van der Waals surface area contributed by atoms with Gasteiger partial charge in [-0.15, -0.1) is 0 Å². The number of esters is 1. The highest BCUT2D eigenvalue weighted by Crippen LogP contribution is 2.16. The van der Waals surface area contributed by atoms with E-state index in [-0.39, 0.29) is 12.2 Å². The first-order chi connectivity index (χ1) is 10.2. The Morgan fingerprint density at radius 3 is 2.48 bits per heavy atom. The van der Waals surface area contributed by atoms with Gasteiger partial charge in [-0.1, -0.05) is 42.5 Å². The highest BCUT2D eigenvalue weighted by Gasteiger charge is 2.17. The predicted octanol–water partition coefficient (Wildman–Crippen LogP) is 3.01. The summed E-state index contributed by atoms with van der Waals surface area (Å²) in [4.78, 5) is 23.3. The lowest BCUT2D eigenvalue weighted by atomic mass is 10.1. The van der Waals surface area contributed by atoms with Crippen molar-refractivity contribution >= 4 is 11.8 Å². The summed E-state index contributed by atoms with van der Waals surface area (Å²) < 4.78 is 10.3. The van der Waals surface area contributed by atoms with E-state index in [4.69, 9.17) is 9.47 Å². The zero-order valence-electron chi connectivity index (χ0n) is 11.7. The Morgan fingerprint density at radius 2 is 1.76 bits per heavy atom. The zero-order valence-corrected chi connectivity index (χ0v) is 11.7. The molecule has 0 aliphatic carbocycles. The molecule has 0 atom stereocenters. The van der Waals surface area contributed by atoms with Gasteiger partial charge < -0.3 is 9.47 Å². The maximum atomic E-state index is 11.8. The van der Waals surface area contributed by atoms with Crippen molar-refractivity contribution in [1.82, 2.24) is 0 Å². The van der Waals surface area contributed by atoms with Crippen molar-refractivity contribution in [2.24, 2.45) is 0 Å². The second-order valence-electron chi connectivity index (χ2n) is 4.35. The first-order valence-corrected chi connectivity index (χ1v) is 6.69. The lowest BCUT2D eigenvalue weighted by Gasteiger charge is -2.07. The van der Waals surface area contributed by atoms with Crippen molar-refractivity contribution in [1.29, 1.82) is 0 Å². The standard InChI is InChI=1S/C17H16O4/c1-2-20-17(19)16(18)14-9-6-10-15(11-14)21-12-13-7-4-3-5-8-13/h3-11H,2,12H2,1H3. The van der Waals surface area contributed by atoms with Crippen molar-refractivity contribution in [3.8, 4) is 5.75 Å². The molecule has 0 saturated carbocycles. The largest absolute Gasteiger partial charge is 0.489 e. The number of Topliss-reactive ketones (excluding diaryl/α,β-unsaturated/α-hetero) is 1. The van der Waals surface area contributed by atoms with E-state index in [9.17, 15) is 9.59 Å². The second kappa shape index (κ2) is 7.24. The van der Waals surface area contributed by atoms with E-state index in [0.717, 1.165) is 5.56 Å². The molecule has 21 heavy (non-hydrogen) atoms. The van der Waals surface area contributed by atoms with Crippen LogP contribution in [0.1, 0.15) is 22.8 Å². The molecular weight excluding hydrogens is 268 g/mol. The van der Waals surface area contributed by atoms with Crippen LogP contribution in [0.2, 0.25) is 0 Å².